The van der Waals surface area contributed by atoms with Gasteiger partial charge in [-0.25, -0.2) is 9.59 Å². The lowest BCUT2D eigenvalue weighted by atomic mass is 10.0. The summed E-state index contributed by atoms with van der Waals surface area (Å²) in [4.78, 5) is 22.2. The number of carbonyl (C=O) groups is 2. The molecule has 96 valence electrons. The maximum absolute atomic E-state index is 11.4. The lowest BCUT2D eigenvalue weighted by Crippen LogP contribution is -2.15. The van der Waals surface area contributed by atoms with Crippen LogP contribution in [0.15, 0.2) is 22.9 Å². The van der Waals surface area contributed by atoms with Crippen molar-refractivity contribution in [1.29, 1.82) is 0 Å². The van der Waals surface area contributed by atoms with Crippen molar-refractivity contribution in [2.75, 3.05) is 13.2 Å². The van der Waals surface area contributed by atoms with E-state index in [4.69, 9.17) is 21.3 Å². The highest BCUT2D eigenvalue weighted by Crippen LogP contribution is 2.15. The average molecular weight is 242 g/mol. The summed E-state index contributed by atoms with van der Waals surface area (Å²) < 4.78 is 4.83. The van der Waals surface area contributed by atoms with Gasteiger partial charge in [0.05, 0.1) is 5.57 Å². The minimum atomic E-state index is -1.10. The first-order valence-electron chi connectivity index (χ1n) is 5.11. The van der Waals surface area contributed by atoms with E-state index in [-0.39, 0.29) is 25.1 Å². The number of carboxylic acids is 1. The van der Waals surface area contributed by atoms with E-state index in [1.807, 2.05) is 0 Å². The number of carboxylic acid groups (broad SMARTS) is 1. The van der Waals surface area contributed by atoms with Gasteiger partial charge in [-0.1, -0.05) is 5.57 Å². The topological polar surface area (TPSA) is 116 Å². The molecule has 0 aromatic carbocycles. The second-order valence-corrected chi connectivity index (χ2v) is 3.50. The molecule has 0 aliphatic carbocycles. The fourth-order valence-corrected chi connectivity index (χ4v) is 1.06. The van der Waals surface area contributed by atoms with Crippen molar-refractivity contribution >= 4 is 11.9 Å². The Labute approximate surface area is 99.9 Å². The molecule has 0 saturated heterocycles. The minimum Gasteiger partial charge on any atom is -0.478 e. The van der Waals surface area contributed by atoms with Crippen LogP contribution in [0.4, 0.5) is 0 Å². The normalized spacial score (nSPS) is 13.0. The molecule has 0 fully saturated rings. The van der Waals surface area contributed by atoms with E-state index in [0.717, 1.165) is 6.20 Å². The van der Waals surface area contributed by atoms with Crippen molar-refractivity contribution in [3.05, 3.63) is 22.9 Å². The first kappa shape index (κ1) is 15.2. The Kier molecular flexibility index (Phi) is 6.65. The molecule has 6 nitrogen and oxygen atoms in total. The number of hydrogen-bond donors (Lipinski definition) is 3. The van der Waals surface area contributed by atoms with Gasteiger partial charge in [-0.05, 0) is 13.8 Å². The summed E-state index contributed by atoms with van der Waals surface area (Å²) >= 11 is 0. The smallest absolute Gasteiger partial charge is 0.333 e. The molecule has 0 rings (SSSR count). The molecule has 0 radical (unpaired) electrons. The van der Waals surface area contributed by atoms with Crippen LogP contribution >= 0.6 is 0 Å². The van der Waals surface area contributed by atoms with Gasteiger partial charge in [-0.15, -0.1) is 0 Å². The Hall–Kier alpha value is -1.82. The molecule has 0 bridgehead atoms. The maximum atomic E-state index is 11.4. The summed E-state index contributed by atoms with van der Waals surface area (Å²) in [5.74, 6) is -1.59. The monoisotopic (exact) mass is 242 g/mol. The van der Waals surface area contributed by atoms with Crippen molar-refractivity contribution in [2.45, 2.75) is 20.3 Å². The molecule has 0 unspecified atom stereocenters. The number of esters is 1. The molecule has 0 aromatic heterocycles. The minimum absolute atomic E-state index is 0.0356. The van der Waals surface area contributed by atoms with Crippen LogP contribution < -0.4 is 11.5 Å². The highest BCUT2D eigenvalue weighted by atomic mass is 16.5. The van der Waals surface area contributed by atoms with Crippen LogP contribution in [0, 0.1) is 0 Å². The molecule has 0 spiro atoms. The summed E-state index contributed by atoms with van der Waals surface area (Å²) in [6.07, 6.45) is 1.12. The van der Waals surface area contributed by atoms with E-state index in [0.29, 0.717) is 11.1 Å². The summed E-state index contributed by atoms with van der Waals surface area (Å²) in [5.41, 5.74) is 11.4. The first-order chi connectivity index (χ1) is 7.93. The van der Waals surface area contributed by atoms with E-state index in [1.54, 1.807) is 13.8 Å². The second-order valence-electron chi connectivity index (χ2n) is 3.50. The van der Waals surface area contributed by atoms with Crippen LogP contribution in [0.5, 0.6) is 0 Å². The third-order valence-corrected chi connectivity index (χ3v) is 2.23. The lowest BCUT2D eigenvalue weighted by molar-refractivity contribution is -0.139. The fraction of sp³-hybridized carbons (Fsp3) is 0.455. The van der Waals surface area contributed by atoms with Crippen LogP contribution in [-0.2, 0) is 14.3 Å². The molecule has 0 aliphatic heterocycles. The van der Waals surface area contributed by atoms with Gasteiger partial charge in [0.1, 0.15) is 6.61 Å². The molecule has 17 heavy (non-hydrogen) atoms. The Morgan fingerprint density at radius 1 is 1.35 bits per heavy atom. The van der Waals surface area contributed by atoms with Gasteiger partial charge in [0.2, 0.25) is 0 Å². The molecule has 6 heteroatoms. The van der Waals surface area contributed by atoms with Crippen LogP contribution in [-0.4, -0.2) is 30.2 Å². The number of nitrogens with two attached hydrogens (primary N) is 2. The van der Waals surface area contributed by atoms with Gasteiger partial charge in [-0.3, -0.25) is 0 Å². The number of ether oxygens (including phenoxy) is 1. The van der Waals surface area contributed by atoms with Gasteiger partial charge in [0.25, 0.3) is 0 Å². The molecular formula is C11H18N2O4. The third-order valence-electron chi connectivity index (χ3n) is 2.23. The summed E-state index contributed by atoms with van der Waals surface area (Å²) in [5, 5.41) is 8.78. The Bertz CT molecular complexity index is 358. The summed E-state index contributed by atoms with van der Waals surface area (Å²) in [6.45, 7) is 3.62. The predicted molar refractivity (Wildman–Crippen MR) is 62.9 cm³/mol. The van der Waals surface area contributed by atoms with E-state index in [1.165, 1.54) is 0 Å². The number of carbonyl (C=O) groups excluding carboxylic acids is 1. The van der Waals surface area contributed by atoms with Crippen molar-refractivity contribution in [2.24, 2.45) is 11.5 Å². The molecule has 0 amide bonds. The van der Waals surface area contributed by atoms with E-state index >= 15 is 0 Å². The highest BCUT2D eigenvalue weighted by molar-refractivity contribution is 5.90. The van der Waals surface area contributed by atoms with Crippen molar-refractivity contribution < 1.29 is 19.4 Å². The largest absolute Gasteiger partial charge is 0.478 e. The lowest BCUT2D eigenvalue weighted by Gasteiger charge is -2.08. The zero-order chi connectivity index (χ0) is 13.4. The zero-order valence-corrected chi connectivity index (χ0v) is 10.0. The zero-order valence-electron chi connectivity index (χ0n) is 10.0. The standard InChI is InChI=1S/C11H18N2O4/c1-7(5-9(6-13)10(14)15)8(2)11(16)17-4-3-12/h6H,3-5,12-13H2,1-2H3,(H,14,15)/b8-7+,9-6?. The van der Waals surface area contributed by atoms with E-state index in [2.05, 4.69) is 0 Å². The Morgan fingerprint density at radius 2 is 1.94 bits per heavy atom. The quantitative estimate of drug-likeness (QED) is 0.450. The van der Waals surface area contributed by atoms with E-state index in [9.17, 15) is 9.59 Å². The average Bonchev–Trinajstić information content (AvgIpc) is 2.30. The number of rotatable bonds is 6. The summed E-state index contributed by atoms with van der Waals surface area (Å²) in [6, 6.07) is 0. The van der Waals surface area contributed by atoms with Gasteiger partial charge in [-0.2, -0.15) is 0 Å². The Morgan fingerprint density at radius 3 is 2.35 bits per heavy atom. The SMILES string of the molecule is C/C(CC(=CN)C(=O)O)=C(/C)C(=O)OCCN. The first-order valence-corrected chi connectivity index (χ1v) is 5.11. The molecule has 0 atom stereocenters. The molecule has 0 heterocycles. The van der Waals surface area contributed by atoms with Crippen LogP contribution in [0.3, 0.4) is 0 Å². The van der Waals surface area contributed by atoms with Crippen molar-refractivity contribution in [1.82, 2.24) is 0 Å². The van der Waals surface area contributed by atoms with Crippen LogP contribution in [0.1, 0.15) is 20.3 Å². The molecule has 0 aliphatic rings. The fourth-order valence-electron chi connectivity index (χ4n) is 1.06. The number of aliphatic carboxylic acids is 1. The third kappa shape index (κ3) is 5.17. The molecule has 0 saturated carbocycles. The number of allylic oxidation sites excluding steroid dienone is 1. The van der Waals surface area contributed by atoms with Gasteiger partial charge in [0, 0.05) is 24.7 Å². The predicted octanol–water partition coefficient (Wildman–Crippen LogP) is 0.142. The Balaban J connectivity index is 4.70. The van der Waals surface area contributed by atoms with Gasteiger partial charge >= 0.3 is 11.9 Å². The van der Waals surface area contributed by atoms with Crippen molar-refractivity contribution in [3.63, 3.8) is 0 Å². The maximum Gasteiger partial charge on any atom is 0.333 e. The molecule has 5 N–H and O–H groups in total. The highest BCUT2D eigenvalue weighted by Gasteiger charge is 2.13. The van der Waals surface area contributed by atoms with Crippen molar-refractivity contribution in [3.8, 4) is 0 Å². The van der Waals surface area contributed by atoms with Crippen LogP contribution in [0.2, 0.25) is 0 Å². The molecule has 0 aromatic rings. The second kappa shape index (κ2) is 7.45. The van der Waals surface area contributed by atoms with Crippen LogP contribution in [0.25, 0.3) is 0 Å². The summed E-state index contributed by atoms with van der Waals surface area (Å²) in [7, 11) is 0. The number of hydrogen-bond acceptors (Lipinski definition) is 5. The van der Waals surface area contributed by atoms with Gasteiger partial charge in [0.15, 0.2) is 0 Å². The van der Waals surface area contributed by atoms with Gasteiger partial charge < -0.3 is 21.3 Å². The molecular weight excluding hydrogens is 224 g/mol. The van der Waals surface area contributed by atoms with E-state index < -0.39 is 11.9 Å².